The van der Waals surface area contributed by atoms with E-state index in [2.05, 4.69) is 20.4 Å². The summed E-state index contributed by atoms with van der Waals surface area (Å²) in [6.45, 7) is 0. The Labute approximate surface area is 117 Å². The Kier molecular flexibility index (Phi) is 2.30. The summed E-state index contributed by atoms with van der Waals surface area (Å²) in [6, 6.07) is 9.74. The maximum absolute atomic E-state index is 6.18. The summed E-state index contributed by atoms with van der Waals surface area (Å²) in [5.74, 6) is 0.557. The second-order valence-corrected chi connectivity index (χ2v) is 5.11. The first-order chi connectivity index (χ1) is 9.83. The van der Waals surface area contributed by atoms with Crippen molar-refractivity contribution in [3.05, 3.63) is 42.9 Å². The number of nitrogens with two attached hydrogens (primary N) is 1. The molecule has 0 unspecified atom stereocenters. The minimum Gasteiger partial charge on any atom is -0.383 e. The SMILES string of the molecule is Nc1c(-c2nn3cnnc3s2)cnn1-c1ccccc1. The van der Waals surface area contributed by atoms with Gasteiger partial charge in [-0.3, -0.25) is 0 Å². The van der Waals surface area contributed by atoms with E-state index in [0.717, 1.165) is 21.2 Å². The van der Waals surface area contributed by atoms with Crippen molar-refractivity contribution >= 4 is 22.1 Å². The van der Waals surface area contributed by atoms with Gasteiger partial charge in [0.25, 0.3) is 0 Å². The van der Waals surface area contributed by atoms with E-state index in [1.807, 2.05) is 30.3 Å². The third-order valence-corrected chi connectivity index (χ3v) is 3.87. The van der Waals surface area contributed by atoms with E-state index in [0.29, 0.717) is 5.82 Å². The minimum absolute atomic E-state index is 0.557. The summed E-state index contributed by atoms with van der Waals surface area (Å²) in [4.78, 5) is 0.729. The predicted molar refractivity (Wildman–Crippen MR) is 75.6 cm³/mol. The van der Waals surface area contributed by atoms with E-state index in [4.69, 9.17) is 5.73 Å². The standard InChI is InChI=1S/C12H9N7S/c13-10-9(11-17-18-7-14-16-12(18)20-11)6-15-19(10)8-4-2-1-3-5-8/h1-7H,13H2. The summed E-state index contributed by atoms with van der Waals surface area (Å²) in [5, 5.41) is 17.2. The minimum atomic E-state index is 0.557. The molecule has 8 heteroatoms. The summed E-state index contributed by atoms with van der Waals surface area (Å²) < 4.78 is 3.32. The van der Waals surface area contributed by atoms with Gasteiger partial charge < -0.3 is 5.73 Å². The van der Waals surface area contributed by atoms with Crippen molar-refractivity contribution in [3.8, 4) is 16.3 Å². The van der Waals surface area contributed by atoms with Crippen LogP contribution in [0.1, 0.15) is 0 Å². The molecule has 0 bridgehead atoms. The van der Waals surface area contributed by atoms with Gasteiger partial charge in [-0.15, -0.1) is 10.2 Å². The van der Waals surface area contributed by atoms with Crippen molar-refractivity contribution in [2.24, 2.45) is 0 Å². The molecule has 0 aliphatic carbocycles. The third kappa shape index (κ3) is 1.58. The highest BCUT2D eigenvalue weighted by Crippen LogP contribution is 2.30. The van der Waals surface area contributed by atoms with Crippen molar-refractivity contribution in [1.82, 2.24) is 29.6 Å². The van der Waals surface area contributed by atoms with Gasteiger partial charge in [0.15, 0.2) is 5.01 Å². The molecule has 0 saturated heterocycles. The molecule has 3 heterocycles. The maximum atomic E-state index is 6.18. The van der Waals surface area contributed by atoms with Crippen molar-refractivity contribution in [2.45, 2.75) is 0 Å². The topological polar surface area (TPSA) is 86.9 Å². The van der Waals surface area contributed by atoms with Gasteiger partial charge >= 0.3 is 0 Å². The van der Waals surface area contributed by atoms with Crippen LogP contribution in [-0.4, -0.2) is 29.6 Å². The molecule has 2 N–H and O–H groups in total. The molecule has 0 amide bonds. The Morgan fingerprint density at radius 3 is 2.80 bits per heavy atom. The van der Waals surface area contributed by atoms with Crippen LogP contribution in [0.25, 0.3) is 21.2 Å². The molecule has 1 aromatic carbocycles. The largest absolute Gasteiger partial charge is 0.383 e. The lowest BCUT2D eigenvalue weighted by Gasteiger charge is -2.03. The molecule has 20 heavy (non-hydrogen) atoms. The molecular formula is C12H9N7S. The summed E-state index contributed by atoms with van der Waals surface area (Å²) in [7, 11) is 0. The summed E-state index contributed by atoms with van der Waals surface area (Å²) in [6.07, 6.45) is 3.28. The number of nitrogen functional groups attached to an aromatic ring is 1. The average Bonchev–Trinajstić information content (AvgIpc) is 3.13. The van der Waals surface area contributed by atoms with Crippen molar-refractivity contribution in [1.29, 1.82) is 0 Å². The number of para-hydroxylation sites is 1. The number of hydrogen-bond acceptors (Lipinski definition) is 6. The van der Waals surface area contributed by atoms with E-state index >= 15 is 0 Å². The second kappa shape index (κ2) is 4.14. The molecule has 0 fully saturated rings. The normalized spacial score (nSPS) is 11.2. The maximum Gasteiger partial charge on any atom is 0.234 e. The van der Waals surface area contributed by atoms with E-state index in [1.165, 1.54) is 11.3 Å². The molecule has 7 nitrogen and oxygen atoms in total. The molecule has 0 aliphatic rings. The lowest BCUT2D eigenvalue weighted by molar-refractivity contribution is 0.891. The van der Waals surface area contributed by atoms with Gasteiger partial charge in [0.1, 0.15) is 12.1 Å². The zero-order chi connectivity index (χ0) is 13.5. The molecule has 3 aromatic heterocycles. The lowest BCUT2D eigenvalue weighted by Crippen LogP contribution is -2.01. The van der Waals surface area contributed by atoms with Crippen LogP contribution in [0.4, 0.5) is 5.82 Å². The van der Waals surface area contributed by atoms with Crippen LogP contribution in [0, 0.1) is 0 Å². The van der Waals surface area contributed by atoms with Crippen molar-refractivity contribution in [3.63, 3.8) is 0 Å². The van der Waals surface area contributed by atoms with E-state index < -0.39 is 0 Å². The van der Waals surface area contributed by atoms with E-state index in [-0.39, 0.29) is 0 Å². The van der Waals surface area contributed by atoms with Crippen LogP contribution in [0.3, 0.4) is 0 Å². The molecule has 4 rings (SSSR count). The first kappa shape index (κ1) is 11.1. The van der Waals surface area contributed by atoms with Gasteiger partial charge in [-0.2, -0.15) is 14.7 Å². The lowest BCUT2D eigenvalue weighted by atomic mass is 10.3. The number of rotatable bonds is 2. The first-order valence-corrected chi connectivity index (χ1v) is 6.71. The Morgan fingerprint density at radius 1 is 1.15 bits per heavy atom. The van der Waals surface area contributed by atoms with Crippen LogP contribution in [0.5, 0.6) is 0 Å². The van der Waals surface area contributed by atoms with Gasteiger partial charge in [-0.1, -0.05) is 29.5 Å². The van der Waals surface area contributed by atoms with Gasteiger partial charge in [0, 0.05) is 0 Å². The fraction of sp³-hybridized carbons (Fsp3) is 0. The smallest absolute Gasteiger partial charge is 0.234 e. The van der Waals surface area contributed by atoms with Crippen LogP contribution in [0.15, 0.2) is 42.9 Å². The molecule has 0 spiro atoms. The number of nitrogens with zero attached hydrogens (tertiary/aromatic N) is 6. The molecule has 4 aromatic rings. The number of fused-ring (bicyclic) bond motifs is 1. The van der Waals surface area contributed by atoms with Crippen LogP contribution >= 0.6 is 11.3 Å². The zero-order valence-corrected chi connectivity index (χ0v) is 11.0. The van der Waals surface area contributed by atoms with Gasteiger partial charge in [-0.25, -0.2) is 4.68 Å². The quantitative estimate of drug-likeness (QED) is 0.604. The highest BCUT2D eigenvalue weighted by Gasteiger charge is 2.15. The molecule has 0 aliphatic heterocycles. The third-order valence-electron chi connectivity index (χ3n) is 2.92. The van der Waals surface area contributed by atoms with Gasteiger partial charge in [0.2, 0.25) is 4.96 Å². The Morgan fingerprint density at radius 2 is 2.00 bits per heavy atom. The number of anilines is 1. The summed E-state index contributed by atoms with van der Waals surface area (Å²) in [5.41, 5.74) is 7.89. The second-order valence-electron chi connectivity index (χ2n) is 4.16. The Hall–Kier alpha value is -2.74. The first-order valence-electron chi connectivity index (χ1n) is 5.89. The average molecular weight is 283 g/mol. The highest BCUT2D eigenvalue weighted by molar-refractivity contribution is 7.19. The molecule has 0 saturated carbocycles. The van der Waals surface area contributed by atoms with Crippen LogP contribution < -0.4 is 5.73 Å². The number of aromatic nitrogens is 6. The monoisotopic (exact) mass is 283 g/mol. The fourth-order valence-electron chi connectivity index (χ4n) is 1.97. The van der Waals surface area contributed by atoms with Crippen molar-refractivity contribution < 1.29 is 0 Å². The molecule has 0 atom stereocenters. The fourth-order valence-corrected chi connectivity index (χ4v) is 2.80. The van der Waals surface area contributed by atoms with Gasteiger partial charge in [-0.05, 0) is 12.1 Å². The Balaban J connectivity index is 1.84. The van der Waals surface area contributed by atoms with Crippen LogP contribution in [-0.2, 0) is 0 Å². The predicted octanol–water partition coefficient (Wildman–Crippen LogP) is 1.62. The number of hydrogen-bond donors (Lipinski definition) is 1. The van der Waals surface area contributed by atoms with Gasteiger partial charge in [0.05, 0.1) is 17.4 Å². The van der Waals surface area contributed by atoms with Crippen molar-refractivity contribution in [2.75, 3.05) is 5.73 Å². The van der Waals surface area contributed by atoms with Crippen LogP contribution in [0.2, 0.25) is 0 Å². The zero-order valence-electron chi connectivity index (χ0n) is 10.2. The van der Waals surface area contributed by atoms with E-state index in [1.54, 1.807) is 21.7 Å². The summed E-state index contributed by atoms with van der Waals surface area (Å²) >= 11 is 1.42. The molecular weight excluding hydrogens is 274 g/mol. The highest BCUT2D eigenvalue weighted by atomic mass is 32.1. The van der Waals surface area contributed by atoms with E-state index in [9.17, 15) is 0 Å². The molecule has 0 radical (unpaired) electrons. The molecule has 98 valence electrons. The number of benzene rings is 1. The Bertz CT molecular complexity index is 845.